The van der Waals surface area contributed by atoms with Gasteiger partial charge in [0.1, 0.15) is 0 Å². The normalized spacial score (nSPS) is 11.1. The minimum Gasteiger partial charge on any atom is -0.339 e. The fourth-order valence-corrected chi connectivity index (χ4v) is 2.45. The summed E-state index contributed by atoms with van der Waals surface area (Å²) in [5, 5.41) is 4.08. The molecule has 4 aromatic rings. The molecule has 0 aromatic carbocycles. The molecule has 0 aliphatic carbocycles. The monoisotopic (exact) mass is 290 g/mol. The summed E-state index contributed by atoms with van der Waals surface area (Å²) < 4.78 is 7.39. The van der Waals surface area contributed by atoms with Crippen LogP contribution in [0.4, 0.5) is 0 Å². The van der Waals surface area contributed by atoms with E-state index in [1.807, 2.05) is 53.3 Å². The van der Waals surface area contributed by atoms with Gasteiger partial charge < -0.3 is 8.92 Å². The number of hydrogen-bond donors (Lipinski definition) is 0. The molecular weight excluding hydrogens is 276 g/mol. The molecular formula is C17H14N4O. The summed E-state index contributed by atoms with van der Waals surface area (Å²) in [5.74, 6) is 1.28. The van der Waals surface area contributed by atoms with Crippen molar-refractivity contribution < 1.29 is 4.52 Å². The average Bonchev–Trinajstić information content (AvgIpc) is 3.20. The fourth-order valence-electron chi connectivity index (χ4n) is 2.45. The summed E-state index contributed by atoms with van der Waals surface area (Å²) in [5.41, 5.74) is 3.23. The van der Waals surface area contributed by atoms with E-state index in [1.54, 1.807) is 6.20 Å². The van der Waals surface area contributed by atoms with Crippen LogP contribution in [0.3, 0.4) is 0 Å². The number of fused-ring (bicyclic) bond motifs is 1. The molecule has 0 radical (unpaired) electrons. The first kappa shape index (κ1) is 12.8. The van der Waals surface area contributed by atoms with Gasteiger partial charge in [-0.2, -0.15) is 4.98 Å². The molecule has 0 amide bonds. The predicted molar refractivity (Wildman–Crippen MR) is 82.3 cm³/mol. The van der Waals surface area contributed by atoms with Crippen LogP contribution in [0, 0.1) is 0 Å². The number of aryl methyl sites for hydroxylation is 2. The highest BCUT2D eigenvalue weighted by molar-refractivity contribution is 5.64. The Balaban J connectivity index is 1.53. The molecule has 0 spiro atoms. The first-order valence-electron chi connectivity index (χ1n) is 7.17. The van der Waals surface area contributed by atoms with Crippen molar-refractivity contribution in [3.05, 3.63) is 72.6 Å². The lowest BCUT2D eigenvalue weighted by Gasteiger charge is -1.95. The first-order chi connectivity index (χ1) is 10.9. The number of aromatic nitrogens is 4. The summed E-state index contributed by atoms with van der Waals surface area (Å²) in [7, 11) is 0. The Morgan fingerprint density at radius 1 is 1.09 bits per heavy atom. The van der Waals surface area contributed by atoms with E-state index < -0.39 is 0 Å². The Labute approximate surface area is 127 Å². The van der Waals surface area contributed by atoms with Gasteiger partial charge in [-0.3, -0.25) is 4.98 Å². The van der Waals surface area contributed by atoms with Gasteiger partial charge in [-0.15, -0.1) is 0 Å². The zero-order valence-corrected chi connectivity index (χ0v) is 11.9. The van der Waals surface area contributed by atoms with Crippen LogP contribution >= 0.6 is 0 Å². The Morgan fingerprint density at radius 2 is 2.09 bits per heavy atom. The predicted octanol–water partition coefficient (Wildman–Crippen LogP) is 3.17. The fraction of sp³-hybridized carbons (Fsp3) is 0.118. The minimum absolute atomic E-state index is 0.630. The molecule has 0 atom stereocenters. The van der Waals surface area contributed by atoms with Gasteiger partial charge >= 0.3 is 0 Å². The van der Waals surface area contributed by atoms with E-state index in [2.05, 4.69) is 21.2 Å². The first-order valence-corrected chi connectivity index (χ1v) is 7.17. The molecule has 4 heterocycles. The molecule has 5 heteroatoms. The summed E-state index contributed by atoms with van der Waals surface area (Å²) >= 11 is 0. The summed E-state index contributed by atoms with van der Waals surface area (Å²) in [6.07, 6.45) is 9.19. The second-order valence-electron chi connectivity index (χ2n) is 5.13. The van der Waals surface area contributed by atoms with Gasteiger partial charge in [0, 0.05) is 42.3 Å². The van der Waals surface area contributed by atoms with Crippen molar-refractivity contribution in [2.24, 2.45) is 0 Å². The lowest BCUT2D eigenvalue weighted by Crippen LogP contribution is -1.92. The van der Waals surface area contributed by atoms with Gasteiger partial charge in [0.2, 0.25) is 11.7 Å². The molecule has 0 unspecified atom stereocenters. The van der Waals surface area contributed by atoms with E-state index in [9.17, 15) is 0 Å². The molecule has 0 bridgehead atoms. The highest BCUT2D eigenvalue weighted by atomic mass is 16.5. The van der Waals surface area contributed by atoms with Gasteiger partial charge in [-0.05, 0) is 36.2 Å². The summed E-state index contributed by atoms with van der Waals surface area (Å²) in [4.78, 5) is 8.58. The summed E-state index contributed by atoms with van der Waals surface area (Å²) in [6.45, 7) is 0. The van der Waals surface area contributed by atoms with Crippen molar-refractivity contribution in [2.75, 3.05) is 0 Å². The number of nitrogens with zero attached hydrogens (tertiary/aromatic N) is 4. The standard InChI is InChI=1S/C17H14N4O/c1-2-9-21-12-14(10-15(21)5-1)17-19-16(22-20-17)7-6-13-4-3-8-18-11-13/h1-5,8-12H,6-7H2. The Hall–Kier alpha value is -2.95. The van der Waals surface area contributed by atoms with Crippen LogP contribution in [0.1, 0.15) is 11.5 Å². The molecule has 0 saturated carbocycles. The van der Waals surface area contributed by atoms with Crippen LogP contribution in [-0.4, -0.2) is 19.5 Å². The Kier molecular flexibility index (Phi) is 3.16. The molecule has 0 aliphatic heterocycles. The van der Waals surface area contributed by atoms with Crippen LogP contribution in [0.15, 0.2) is 65.7 Å². The number of pyridine rings is 2. The largest absolute Gasteiger partial charge is 0.339 e. The van der Waals surface area contributed by atoms with Crippen molar-refractivity contribution in [1.29, 1.82) is 0 Å². The maximum Gasteiger partial charge on any atom is 0.227 e. The highest BCUT2D eigenvalue weighted by Gasteiger charge is 2.10. The molecule has 4 rings (SSSR count). The molecule has 0 aliphatic rings. The minimum atomic E-state index is 0.630. The second-order valence-corrected chi connectivity index (χ2v) is 5.13. The van der Waals surface area contributed by atoms with E-state index in [1.165, 1.54) is 0 Å². The van der Waals surface area contributed by atoms with Gasteiger partial charge in [0.25, 0.3) is 0 Å². The van der Waals surface area contributed by atoms with E-state index in [0.717, 1.165) is 23.1 Å². The smallest absolute Gasteiger partial charge is 0.227 e. The maximum atomic E-state index is 5.35. The molecule has 108 valence electrons. The van der Waals surface area contributed by atoms with Gasteiger partial charge in [0.15, 0.2) is 0 Å². The van der Waals surface area contributed by atoms with Crippen LogP contribution in [0.5, 0.6) is 0 Å². The van der Waals surface area contributed by atoms with Crippen LogP contribution in [0.2, 0.25) is 0 Å². The van der Waals surface area contributed by atoms with E-state index in [0.29, 0.717) is 18.1 Å². The number of rotatable bonds is 4. The Morgan fingerprint density at radius 3 is 2.95 bits per heavy atom. The molecule has 0 N–H and O–H groups in total. The zero-order chi connectivity index (χ0) is 14.8. The molecule has 22 heavy (non-hydrogen) atoms. The topological polar surface area (TPSA) is 56.2 Å². The van der Waals surface area contributed by atoms with Crippen molar-refractivity contribution in [3.8, 4) is 11.4 Å². The SMILES string of the molecule is c1cncc(CCc2nc(-c3cc4ccccn4c3)no2)c1. The van der Waals surface area contributed by atoms with Gasteiger partial charge in [-0.25, -0.2) is 0 Å². The highest BCUT2D eigenvalue weighted by Crippen LogP contribution is 2.20. The molecule has 4 aromatic heterocycles. The third-order valence-electron chi connectivity index (χ3n) is 3.58. The van der Waals surface area contributed by atoms with Crippen LogP contribution < -0.4 is 0 Å². The molecule has 5 nitrogen and oxygen atoms in total. The lowest BCUT2D eigenvalue weighted by atomic mass is 10.1. The number of hydrogen-bond acceptors (Lipinski definition) is 4. The quantitative estimate of drug-likeness (QED) is 0.579. The van der Waals surface area contributed by atoms with E-state index in [4.69, 9.17) is 4.52 Å². The van der Waals surface area contributed by atoms with Gasteiger partial charge in [0.05, 0.1) is 0 Å². The van der Waals surface area contributed by atoms with Crippen molar-refractivity contribution in [1.82, 2.24) is 19.5 Å². The second kappa shape index (κ2) is 5.44. The van der Waals surface area contributed by atoms with Crippen LogP contribution in [-0.2, 0) is 12.8 Å². The lowest BCUT2D eigenvalue weighted by molar-refractivity contribution is 0.379. The van der Waals surface area contributed by atoms with Crippen LogP contribution in [0.25, 0.3) is 16.9 Å². The zero-order valence-electron chi connectivity index (χ0n) is 11.9. The third-order valence-corrected chi connectivity index (χ3v) is 3.58. The summed E-state index contributed by atoms with van der Waals surface area (Å²) in [6, 6.07) is 12.1. The van der Waals surface area contributed by atoms with E-state index >= 15 is 0 Å². The third kappa shape index (κ3) is 2.48. The average molecular weight is 290 g/mol. The molecule has 0 saturated heterocycles. The van der Waals surface area contributed by atoms with E-state index in [-0.39, 0.29) is 0 Å². The Bertz CT molecular complexity index is 862. The van der Waals surface area contributed by atoms with Crippen molar-refractivity contribution in [3.63, 3.8) is 0 Å². The maximum absolute atomic E-state index is 5.35. The van der Waals surface area contributed by atoms with Crippen molar-refractivity contribution >= 4 is 5.52 Å². The molecule has 0 fully saturated rings. The van der Waals surface area contributed by atoms with Gasteiger partial charge in [-0.1, -0.05) is 17.3 Å². The van der Waals surface area contributed by atoms with Crippen molar-refractivity contribution in [2.45, 2.75) is 12.8 Å².